The highest BCUT2D eigenvalue weighted by Gasteiger charge is 2.31. The second kappa shape index (κ2) is 9.44. The topological polar surface area (TPSA) is 92.3 Å². The quantitative estimate of drug-likeness (QED) is 0.290. The molecule has 1 aromatic carbocycles. The van der Waals surface area contributed by atoms with Crippen LogP contribution < -0.4 is 0 Å². The second-order valence-corrected chi connectivity index (χ2v) is 9.55. The van der Waals surface area contributed by atoms with Crippen molar-refractivity contribution in [3.8, 4) is 11.1 Å². The zero-order chi connectivity index (χ0) is 25.5. The van der Waals surface area contributed by atoms with Gasteiger partial charge in [-0.1, -0.05) is 35.5 Å². The third-order valence-corrected chi connectivity index (χ3v) is 7.35. The fourth-order valence-electron chi connectivity index (χ4n) is 5.64. The number of methoxy groups -OCH3 is 1. The van der Waals surface area contributed by atoms with Crippen LogP contribution in [0.5, 0.6) is 0 Å². The number of esters is 1. The first-order valence-corrected chi connectivity index (χ1v) is 12.5. The maximum atomic E-state index is 12.4. The smallest absolute Gasteiger partial charge is 0.339 e. The summed E-state index contributed by atoms with van der Waals surface area (Å²) in [7, 11) is 1.38. The molecule has 5 aromatic rings. The molecule has 0 amide bonds. The van der Waals surface area contributed by atoms with Gasteiger partial charge in [-0.15, -0.1) is 0 Å². The molecule has 0 unspecified atom stereocenters. The summed E-state index contributed by atoms with van der Waals surface area (Å²) in [5.41, 5.74) is 6.81. The molecule has 0 N–H and O–H groups in total. The summed E-state index contributed by atoms with van der Waals surface area (Å²) < 4.78 is 18.4. The normalized spacial score (nSPS) is 15.3. The largest absolute Gasteiger partial charge is 0.465 e. The number of benzene rings is 1. The van der Waals surface area contributed by atoms with Crippen LogP contribution in [0.4, 0.5) is 0 Å². The van der Waals surface area contributed by atoms with Gasteiger partial charge in [-0.3, -0.25) is 4.98 Å². The minimum atomic E-state index is -0.424. The highest BCUT2D eigenvalue weighted by atomic mass is 16.5. The van der Waals surface area contributed by atoms with Crippen molar-refractivity contribution in [2.75, 3.05) is 20.3 Å². The minimum absolute atomic E-state index is 0.0169. The molecule has 37 heavy (non-hydrogen) atoms. The molecule has 1 aliphatic heterocycles. The molecule has 0 radical (unpaired) electrons. The molecule has 8 nitrogen and oxygen atoms in total. The summed E-state index contributed by atoms with van der Waals surface area (Å²) in [6, 6.07) is 14.5. The summed E-state index contributed by atoms with van der Waals surface area (Å²) >= 11 is 0. The highest BCUT2D eigenvalue weighted by Crippen LogP contribution is 2.41. The van der Waals surface area contributed by atoms with E-state index in [4.69, 9.17) is 24.0 Å². The first-order valence-electron chi connectivity index (χ1n) is 12.5. The van der Waals surface area contributed by atoms with Crippen LogP contribution in [0.2, 0.25) is 0 Å². The molecule has 5 heterocycles. The molecular weight excluding hydrogens is 468 g/mol. The molecule has 1 saturated heterocycles. The van der Waals surface area contributed by atoms with Crippen molar-refractivity contribution in [3.05, 3.63) is 77.4 Å². The molecule has 188 valence electrons. The molecule has 1 aliphatic rings. The Bertz CT molecular complexity index is 1580. The Hall–Kier alpha value is -4.04. The first kappa shape index (κ1) is 23.4. The lowest BCUT2D eigenvalue weighted by Crippen LogP contribution is -2.27. The van der Waals surface area contributed by atoms with Crippen molar-refractivity contribution in [2.24, 2.45) is 5.92 Å². The van der Waals surface area contributed by atoms with Crippen LogP contribution in [0.1, 0.15) is 46.3 Å². The summed E-state index contributed by atoms with van der Waals surface area (Å²) in [4.78, 5) is 22.1. The van der Waals surface area contributed by atoms with Gasteiger partial charge in [0.2, 0.25) is 0 Å². The number of ether oxygens (including phenoxy) is 2. The molecule has 0 saturated carbocycles. The van der Waals surface area contributed by atoms with E-state index in [0.29, 0.717) is 11.5 Å². The summed E-state index contributed by atoms with van der Waals surface area (Å²) in [5.74, 6) is 0.669. The van der Waals surface area contributed by atoms with Crippen LogP contribution in [0.25, 0.3) is 33.2 Å². The number of hydrogen-bond acceptors (Lipinski definition) is 7. The summed E-state index contributed by atoms with van der Waals surface area (Å²) in [6.45, 7) is 5.31. The second-order valence-electron chi connectivity index (χ2n) is 9.55. The van der Waals surface area contributed by atoms with Gasteiger partial charge in [0, 0.05) is 42.1 Å². The Morgan fingerprint density at radius 2 is 1.86 bits per heavy atom. The molecular formula is C29H28N4O4. The van der Waals surface area contributed by atoms with Gasteiger partial charge in [-0.2, -0.15) is 0 Å². The standard InChI is InChI=1S/C29H28N4O4/c1-17-25(18(2)37-32-17)21-14-24-26(30-15-21)23-13-22(29(34)35-3)16-31-28(23)33(24)27(19-7-5-4-6-8-19)20-9-11-36-12-10-20/h4-8,13-16,20,27H,9-12H2,1-3H3/t27-/m1/s1. The van der Waals surface area contributed by atoms with Crippen molar-refractivity contribution in [3.63, 3.8) is 0 Å². The number of aromatic nitrogens is 4. The third-order valence-electron chi connectivity index (χ3n) is 7.35. The van der Waals surface area contributed by atoms with Crippen molar-refractivity contribution in [1.82, 2.24) is 19.7 Å². The average Bonchev–Trinajstić information content (AvgIpc) is 3.45. The fraction of sp³-hybridized carbons (Fsp3) is 0.310. The lowest BCUT2D eigenvalue weighted by molar-refractivity contribution is 0.0552. The number of carbonyl (C=O) groups excluding carboxylic acids is 1. The Morgan fingerprint density at radius 3 is 2.57 bits per heavy atom. The van der Waals surface area contributed by atoms with Crippen molar-refractivity contribution < 1.29 is 18.8 Å². The zero-order valence-corrected chi connectivity index (χ0v) is 21.1. The Labute approximate surface area is 214 Å². The van der Waals surface area contributed by atoms with Crippen molar-refractivity contribution >= 4 is 28.0 Å². The predicted octanol–water partition coefficient (Wildman–Crippen LogP) is 5.66. The number of fused-ring (bicyclic) bond motifs is 3. The van der Waals surface area contributed by atoms with E-state index in [-0.39, 0.29) is 6.04 Å². The number of hydrogen-bond donors (Lipinski definition) is 0. The van der Waals surface area contributed by atoms with E-state index in [2.05, 4.69) is 40.1 Å². The van der Waals surface area contributed by atoms with Crippen LogP contribution in [-0.2, 0) is 9.47 Å². The van der Waals surface area contributed by atoms with Crippen molar-refractivity contribution in [2.45, 2.75) is 32.7 Å². The van der Waals surface area contributed by atoms with Gasteiger partial charge in [0.25, 0.3) is 0 Å². The summed E-state index contributed by atoms with van der Waals surface area (Å²) in [6.07, 6.45) is 5.32. The van der Waals surface area contributed by atoms with Crippen LogP contribution in [-0.4, -0.2) is 46.0 Å². The Balaban J connectivity index is 1.67. The molecule has 0 spiro atoms. The van der Waals surface area contributed by atoms with E-state index >= 15 is 0 Å². The van der Waals surface area contributed by atoms with Gasteiger partial charge >= 0.3 is 5.97 Å². The van der Waals surface area contributed by atoms with E-state index < -0.39 is 5.97 Å². The molecule has 1 atom stereocenters. The van der Waals surface area contributed by atoms with Gasteiger partial charge in [0.15, 0.2) is 0 Å². The molecule has 0 bridgehead atoms. The maximum absolute atomic E-state index is 12.4. The monoisotopic (exact) mass is 496 g/mol. The van der Waals surface area contributed by atoms with Gasteiger partial charge < -0.3 is 18.6 Å². The lowest BCUT2D eigenvalue weighted by atomic mass is 9.86. The highest BCUT2D eigenvalue weighted by molar-refractivity contribution is 6.07. The lowest BCUT2D eigenvalue weighted by Gasteiger charge is -2.32. The number of carbonyl (C=O) groups is 1. The first-order chi connectivity index (χ1) is 18.1. The number of rotatable bonds is 5. The SMILES string of the molecule is COC(=O)c1cnc2c(c1)c1ncc(-c3c(C)noc3C)cc1n2[C@H](c1ccccc1)C1CCOCC1. The molecule has 0 aliphatic carbocycles. The average molecular weight is 497 g/mol. The van der Waals surface area contributed by atoms with Crippen LogP contribution >= 0.6 is 0 Å². The van der Waals surface area contributed by atoms with Gasteiger partial charge in [0.1, 0.15) is 11.4 Å². The Kier molecular flexibility index (Phi) is 5.96. The zero-order valence-electron chi connectivity index (χ0n) is 21.1. The van der Waals surface area contributed by atoms with Gasteiger partial charge in [-0.25, -0.2) is 9.78 Å². The van der Waals surface area contributed by atoms with E-state index in [1.165, 1.54) is 12.7 Å². The van der Waals surface area contributed by atoms with Crippen LogP contribution in [0.15, 0.2) is 59.4 Å². The van der Waals surface area contributed by atoms with Gasteiger partial charge in [0.05, 0.1) is 35.4 Å². The van der Waals surface area contributed by atoms with E-state index in [0.717, 1.165) is 70.7 Å². The minimum Gasteiger partial charge on any atom is -0.465 e. The number of aryl methyl sites for hydroxylation is 2. The molecule has 8 heteroatoms. The Morgan fingerprint density at radius 1 is 1.08 bits per heavy atom. The summed E-state index contributed by atoms with van der Waals surface area (Å²) in [5, 5.41) is 4.96. The third kappa shape index (κ3) is 3.97. The van der Waals surface area contributed by atoms with Gasteiger partial charge in [-0.05, 0) is 50.3 Å². The number of pyridine rings is 2. The van der Waals surface area contributed by atoms with E-state index in [1.54, 1.807) is 6.20 Å². The van der Waals surface area contributed by atoms with Crippen LogP contribution in [0.3, 0.4) is 0 Å². The fourth-order valence-corrected chi connectivity index (χ4v) is 5.64. The van der Waals surface area contributed by atoms with E-state index in [9.17, 15) is 4.79 Å². The van der Waals surface area contributed by atoms with E-state index in [1.807, 2.05) is 32.2 Å². The predicted molar refractivity (Wildman–Crippen MR) is 139 cm³/mol. The molecule has 6 rings (SSSR count). The number of nitrogens with zero attached hydrogens (tertiary/aromatic N) is 4. The molecule has 4 aromatic heterocycles. The van der Waals surface area contributed by atoms with Crippen molar-refractivity contribution in [1.29, 1.82) is 0 Å². The maximum Gasteiger partial charge on any atom is 0.339 e. The van der Waals surface area contributed by atoms with Crippen LogP contribution in [0, 0.1) is 19.8 Å². The molecule has 1 fully saturated rings.